The summed E-state index contributed by atoms with van der Waals surface area (Å²) in [5.74, 6) is -4.66. The van der Waals surface area contributed by atoms with Gasteiger partial charge in [-0.3, -0.25) is 4.79 Å². The molecule has 0 atom stereocenters. The van der Waals surface area contributed by atoms with Crippen LogP contribution in [-0.2, 0) is 0 Å². The van der Waals surface area contributed by atoms with Gasteiger partial charge >= 0.3 is 0 Å². The zero-order valence-electron chi connectivity index (χ0n) is 8.58. The van der Waals surface area contributed by atoms with E-state index in [0.717, 1.165) is 6.07 Å². The second-order valence-electron chi connectivity index (χ2n) is 3.36. The number of benzene rings is 1. The SMILES string of the molecule is O=C(NCC(F)(F)CO)c1ccc(Cl)cc1O. The monoisotopic (exact) mass is 265 g/mol. The van der Waals surface area contributed by atoms with Gasteiger partial charge in [-0.25, -0.2) is 8.78 Å². The lowest BCUT2D eigenvalue weighted by atomic mass is 10.2. The highest BCUT2D eigenvalue weighted by atomic mass is 35.5. The first-order valence-electron chi connectivity index (χ1n) is 4.61. The molecule has 94 valence electrons. The van der Waals surface area contributed by atoms with E-state index in [1.807, 2.05) is 5.32 Å². The molecule has 4 nitrogen and oxygen atoms in total. The fourth-order valence-corrected chi connectivity index (χ4v) is 1.22. The first kappa shape index (κ1) is 13.7. The number of phenols is 1. The number of carbonyl (C=O) groups is 1. The Bertz CT molecular complexity index is 426. The fraction of sp³-hybridized carbons (Fsp3) is 0.300. The first-order valence-corrected chi connectivity index (χ1v) is 4.99. The molecule has 17 heavy (non-hydrogen) atoms. The Kier molecular flexibility index (Phi) is 4.25. The minimum absolute atomic E-state index is 0.164. The summed E-state index contributed by atoms with van der Waals surface area (Å²) in [7, 11) is 0. The largest absolute Gasteiger partial charge is 0.507 e. The summed E-state index contributed by atoms with van der Waals surface area (Å²) in [5.41, 5.74) is -0.164. The molecule has 0 fully saturated rings. The predicted octanol–water partition coefficient (Wildman–Crippen LogP) is 1.40. The molecule has 0 aromatic heterocycles. The smallest absolute Gasteiger partial charge is 0.287 e. The lowest BCUT2D eigenvalue weighted by Gasteiger charge is -2.14. The summed E-state index contributed by atoms with van der Waals surface area (Å²) < 4.78 is 25.3. The van der Waals surface area contributed by atoms with Crippen LogP contribution in [0.1, 0.15) is 10.4 Å². The van der Waals surface area contributed by atoms with Gasteiger partial charge in [0, 0.05) is 5.02 Å². The number of rotatable bonds is 4. The zero-order chi connectivity index (χ0) is 13.1. The number of hydrogen-bond donors (Lipinski definition) is 3. The molecule has 3 N–H and O–H groups in total. The van der Waals surface area contributed by atoms with Gasteiger partial charge in [0.25, 0.3) is 11.8 Å². The molecule has 0 spiro atoms. The third kappa shape index (κ3) is 3.83. The summed E-state index contributed by atoms with van der Waals surface area (Å²) in [6.07, 6.45) is 0. The van der Waals surface area contributed by atoms with Gasteiger partial charge in [0.2, 0.25) is 0 Å². The van der Waals surface area contributed by atoms with Crippen LogP contribution in [0.2, 0.25) is 5.02 Å². The lowest BCUT2D eigenvalue weighted by molar-refractivity contribution is -0.0462. The van der Waals surface area contributed by atoms with Crippen molar-refractivity contribution in [3.63, 3.8) is 0 Å². The molecule has 7 heteroatoms. The molecule has 0 aliphatic heterocycles. The number of nitrogens with one attached hydrogen (secondary N) is 1. The minimum Gasteiger partial charge on any atom is -0.507 e. The number of aliphatic hydroxyl groups is 1. The maximum absolute atomic E-state index is 12.6. The van der Waals surface area contributed by atoms with Crippen molar-refractivity contribution < 1.29 is 23.8 Å². The van der Waals surface area contributed by atoms with Crippen molar-refractivity contribution in [2.75, 3.05) is 13.2 Å². The quantitative estimate of drug-likeness (QED) is 0.771. The van der Waals surface area contributed by atoms with Crippen molar-refractivity contribution >= 4 is 17.5 Å². The molecule has 1 rings (SSSR count). The van der Waals surface area contributed by atoms with Crippen LogP contribution in [0, 0.1) is 0 Å². The lowest BCUT2D eigenvalue weighted by Crippen LogP contribution is -2.38. The van der Waals surface area contributed by atoms with Crippen molar-refractivity contribution in [1.82, 2.24) is 5.32 Å². The standard InChI is InChI=1S/C10H10ClF2NO3/c11-6-1-2-7(8(16)3-6)9(17)14-4-10(12,13)5-15/h1-3,15-16H,4-5H2,(H,14,17). The van der Waals surface area contributed by atoms with E-state index in [4.69, 9.17) is 16.7 Å². The van der Waals surface area contributed by atoms with Gasteiger partial charge in [0.05, 0.1) is 12.1 Å². The number of aliphatic hydroxyl groups excluding tert-OH is 1. The van der Waals surface area contributed by atoms with E-state index >= 15 is 0 Å². The van der Waals surface area contributed by atoms with Crippen LogP contribution in [-0.4, -0.2) is 35.2 Å². The molecule has 1 amide bonds. The first-order chi connectivity index (χ1) is 7.85. The van der Waals surface area contributed by atoms with E-state index < -0.39 is 30.7 Å². The second kappa shape index (κ2) is 5.29. The molecular weight excluding hydrogens is 256 g/mol. The molecule has 0 unspecified atom stereocenters. The van der Waals surface area contributed by atoms with Gasteiger partial charge in [-0.1, -0.05) is 11.6 Å². The van der Waals surface area contributed by atoms with Gasteiger partial charge < -0.3 is 15.5 Å². The maximum atomic E-state index is 12.6. The molecule has 0 aliphatic carbocycles. The van der Waals surface area contributed by atoms with Crippen molar-refractivity contribution in [3.05, 3.63) is 28.8 Å². The molecular formula is C10H10ClF2NO3. The Morgan fingerprint density at radius 1 is 1.47 bits per heavy atom. The highest BCUT2D eigenvalue weighted by Crippen LogP contribution is 2.22. The van der Waals surface area contributed by atoms with Gasteiger partial charge in [-0.05, 0) is 18.2 Å². The highest BCUT2D eigenvalue weighted by Gasteiger charge is 2.28. The summed E-state index contributed by atoms with van der Waals surface area (Å²) in [4.78, 5) is 11.4. The Morgan fingerprint density at radius 2 is 2.12 bits per heavy atom. The molecule has 0 bridgehead atoms. The topological polar surface area (TPSA) is 69.6 Å². The number of halogens is 3. The summed E-state index contributed by atoms with van der Waals surface area (Å²) in [6, 6.07) is 3.69. The number of alkyl halides is 2. The van der Waals surface area contributed by atoms with E-state index in [1.165, 1.54) is 12.1 Å². The Balaban J connectivity index is 2.71. The third-order valence-corrected chi connectivity index (χ3v) is 2.18. The van der Waals surface area contributed by atoms with Gasteiger partial charge in [0.1, 0.15) is 12.4 Å². The number of phenolic OH excluding ortho intramolecular Hbond substituents is 1. The van der Waals surface area contributed by atoms with Crippen molar-refractivity contribution in [1.29, 1.82) is 0 Å². The van der Waals surface area contributed by atoms with Gasteiger partial charge in [-0.2, -0.15) is 0 Å². The number of aromatic hydroxyl groups is 1. The van der Waals surface area contributed by atoms with Crippen LogP contribution in [0.25, 0.3) is 0 Å². The normalized spacial score (nSPS) is 11.3. The van der Waals surface area contributed by atoms with E-state index in [0.29, 0.717) is 0 Å². The second-order valence-corrected chi connectivity index (χ2v) is 3.79. The van der Waals surface area contributed by atoms with Crippen LogP contribution in [0.5, 0.6) is 5.75 Å². The molecule has 0 aliphatic rings. The Morgan fingerprint density at radius 3 is 2.65 bits per heavy atom. The summed E-state index contributed by atoms with van der Waals surface area (Å²) in [6.45, 7) is -2.37. The molecule has 1 aromatic carbocycles. The molecule has 0 saturated heterocycles. The third-order valence-electron chi connectivity index (χ3n) is 1.94. The van der Waals surface area contributed by atoms with Gasteiger partial charge in [-0.15, -0.1) is 0 Å². The van der Waals surface area contributed by atoms with Crippen LogP contribution < -0.4 is 5.32 Å². The molecule has 1 aromatic rings. The fourth-order valence-electron chi connectivity index (χ4n) is 1.06. The average Bonchev–Trinajstić information content (AvgIpc) is 2.26. The maximum Gasteiger partial charge on any atom is 0.287 e. The Labute approximate surface area is 101 Å². The Hall–Kier alpha value is -1.40. The van der Waals surface area contributed by atoms with Crippen LogP contribution in [0.3, 0.4) is 0 Å². The van der Waals surface area contributed by atoms with E-state index in [1.54, 1.807) is 0 Å². The summed E-state index contributed by atoms with van der Waals surface area (Å²) >= 11 is 5.55. The molecule has 0 radical (unpaired) electrons. The van der Waals surface area contributed by atoms with Gasteiger partial charge in [0.15, 0.2) is 0 Å². The zero-order valence-corrected chi connectivity index (χ0v) is 9.34. The van der Waals surface area contributed by atoms with Crippen molar-refractivity contribution in [3.8, 4) is 5.75 Å². The number of amides is 1. The van der Waals surface area contributed by atoms with E-state index in [9.17, 15) is 18.7 Å². The van der Waals surface area contributed by atoms with Crippen molar-refractivity contribution in [2.24, 2.45) is 0 Å². The van der Waals surface area contributed by atoms with E-state index in [-0.39, 0.29) is 10.6 Å². The molecule has 0 heterocycles. The van der Waals surface area contributed by atoms with Crippen LogP contribution in [0.15, 0.2) is 18.2 Å². The number of hydrogen-bond acceptors (Lipinski definition) is 3. The average molecular weight is 266 g/mol. The van der Waals surface area contributed by atoms with Crippen LogP contribution in [0.4, 0.5) is 8.78 Å². The summed E-state index contributed by atoms with van der Waals surface area (Å²) in [5, 5.41) is 19.8. The highest BCUT2D eigenvalue weighted by molar-refractivity contribution is 6.30. The van der Waals surface area contributed by atoms with E-state index in [2.05, 4.69) is 0 Å². The minimum atomic E-state index is -3.39. The molecule has 0 saturated carbocycles. The van der Waals surface area contributed by atoms with Crippen molar-refractivity contribution in [2.45, 2.75) is 5.92 Å². The predicted molar refractivity (Wildman–Crippen MR) is 57.5 cm³/mol. The van der Waals surface area contributed by atoms with Crippen LogP contribution >= 0.6 is 11.6 Å². The number of carbonyl (C=O) groups excluding carboxylic acids is 1.